The van der Waals surface area contributed by atoms with Crippen LogP contribution >= 0.6 is 11.3 Å². The molecule has 0 atom stereocenters. The molecule has 0 aliphatic carbocycles. The second kappa shape index (κ2) is 6.54. The first-order valence-corrected chi connectivity index (χ1v) is 9.82. The zero-order valence-corrected chi connectivity index (χ0v) is 14.4. The molecule has 0 radical (unpaired) electrons. The van der Waals surface area contributed by atoms with Gasteiger partial charge in [0.2, 0.25) is 0 Å². The van der Waals surface area contributed by atoms with E-state index in [9.17, 15) is 13.2 Å². The first-order chi connectivity index (χ1) is 11.4. The Kier molecular flexibility index (Phi) is 4.46. The molecular formula is C17H14N2O3S2. The fourth-order valence-electron chi connectivity index (χ4n) is 2.24. The van der Waals surface area contributed by atoms with Crippen LogP contribution in [0.2, 0.25) is 0 Å². The maximum atomic E-state index is 12.4. The van der Waals surface area contributed by atoms with Crippen molar-refractivity contribution >= 4 is 32.8 Å². The van der Waals surface area contributed by atoms with E-state index in [2.05, 4.69) is 10.3 Å². The summed E-state index contributed by atoms with van der Waals surface area (Å²) < 4.78 is 23.6. The average molecular weight is 358 g/mol. The molecule has 1 N–H and O–H groups in total. The molecule has 2 aromatic carbocycles. The van der Waals surface area contributed by atoms with Gasteiger partial charge in [0.05, 0.1) is 10.5 Å². The molecule has 0 aliphatic heterocycles. The van der Waals surface area contributed by atoms with Gasteiger partial charge in [0.25, 0.3) is 5.91 Å². The lowest BCUT2D eigenvalue weighted by Gasteiger charge is -2.09. The number of rotatable bonds is 4. The van der Waals surface area contributed by atoms with Crippen LogP contribution < -0.4 is 5.32 Å². The van der Waals surface area contributed by atoms with Gasteiger partial charge < -0.3 is 5.32 Å². The van der Waals surface area contributed by atoms with Crippen molar-refractivity contribution in [3.05, 3.63) is 65.7 Å². The van der Waals surface area contributed by atoms with Crippen LogP contribution in [0.15, 0.2) is 65.0 Å². The van der Waals surface area contributed by atoms with Crippen molar-refractivity contribution in [2.75, 3.05) is 11.6 Å². The molecule has 0 fully saturated rings. The number of thiazole rings is 1. The Morgan fingerprint density at radius 3 is 2.42 bits per heavy atom. The van der Waals surface area contributed by atoms with E-state index in [1.165, 1.54) is 23.5 Å². The molecule has 24 heavy (non-hydrogen) atoms. The number of nitrogens with zero attached hydrogens (tertiary/aromatic N) is 1. The Balaban J connectivity index is 1.83. The SMILES string of the molecule is CS(=O)(=O)c1ccccc1C(=O)Nc1ccc(-c2nccs2)cc1. The van der Waals surface area contributed by atoms with E-state index in [0.717, 1.165) is 16.8 Å². The first kappa shape index (κ1) is 16.4. The van der Waals surface area contributed by atoms with Gasteiger partial charge >= 0.3 is 0 Å². The second-order valence-electron chi connectivity index (χ2n) is 5.14. The van der Waals surface area contributed by atoms with Crippen molar-refractivity contribution in [2.24, 2.45) is 0 Å². The monoisotopic (exact) mass is 358 g/mol. The Labute approximate surface area is 143 Å². The van der Waals surface area contributed by atoms with Gasteiger partial charge in [-0.2, -0.15) is 0 Å². The van der Waals surface area contributed by atoms with Crippen LogP contribution in [0.25, 0.3) is 10.6 Å². The van der Waals surface area contributed by atoms with Gasteiger partial charge in [0, 0.05) is 29.1 Å². The maximum Gasteiger partial charge on any atom is 0.256 e. The molecular weight excluding hydrogens is 344 g/mol. The van der Waals surface area contributed by atoms with Crippen LogP contribution in [0.3, 0.4) is 0 Å². The Morgan fingerprint density at radius 2 is 1.79 bits per heavy atom. The number of anilines is 1. The maximum absolute atomic E-state index is 12.4. The highest BCUT2D eigenvalue weighted by molar-refractivity contribution is 7.90. The van der Waals surface area contributed by atoms with Crippen molar-refractivity contribution in [1.29, 1.82) is 0 Å². The third-order valence-electron chi connectivity index (χ3n) is 3.35. The zero-order valence-electron chi connectivity index (χ0n) is 12.8. The summed E-state index contributed by atoms with van der Waals surface area (Å²) in [6.07, 6.45) is 2.82. The van der Waals surface area contributed by atoms with E-state index in [1.807, 2.05) is 17.5 Å². The molecule has 1 heterocycles. The minimum atomic E-state index is -3.47. The molecule has 0 unspecified atom stereocenters. The Bertz CT molecular complexity index is 963. The minimum absolute atomic E-state index is 0.0157. The molecule has 0 saturated heterocycles. The summed E-state index contributed by atoms with van der Waals surface area (Å²) in [7, 11) is -3.47. The molecule has 0 aliphatic rings. The van der Waals surface area contributed by atoms with Crippen molar-refractivity contribution < 1.29 is 13.2 Å². The summed E-state index contributed by atoms with van der Waals surface area (Å²) in [6, 6.07) is 13.4. The molecule has 5 nitrogen and oxygen atoms in total. The van der Waals surface area contributed by atoms with Crippen molar-refractivity contribution in [2.45, 2.75) is 4.90 Å². The lowest BCUT2D eigenvalue weighted by molar-refractivity contribution is 0.102. The minimum Gasteiger partial charge on any atom is -0.322 e. The van der Waals surface area contributed by atoms with E-state index >= 15 is 0 Å². The number of amides is 1. The molecule has 0 bridgehead atoms. The number of carbonyl (C=O) groups excluding carboxylic acids is 1. The normalized spacial score (nSPS) is 11.2. The van der Waals surface area contributed by atoms with Gasteiger partial charge in [-0.3, -0.25) is 4.79 Å². The third-order valence-corrected chi connectivity index (χ3v) is 5.33. The van der Waals surface area contributed by atoms with Gasteiger partial charge in [0.15, 0.2) is 9.84 Å². The highest BCUT2D eigenvalue weighted by atomic mass is 32.2. The Morgan fingerprint density at radius 1 is 1.08 bits per heavy atom. The second-order valence-corrected chi connectivity index (χ2v) is 8.02. The van der Waals surface area contributed by atoms with Gasteiger partial charge in [-0.25, -0.2) is 13.4 Å². The van der Waals surface area contributed by atoms with E-state index in [1.54, 1.807) is 30.5 Å². The number of hydrogen-bond acceptors (Lipinski definition) is 5. The van der Waals surface area contributed by atoms with Gasteiger partial charge in [-0.15, -0.1) is 11.3 Å². The van der Waals surface area contributed by atoms with Crippen molar-refractivity contribution in [3.63, 3.8) is 0 Å². The number of carbonyl (C=O) groups is 1. The van der Waals surface area contributed by atoms with Gasteiger partial charge in [-0.1, -0.05) is 12.1 Å². The number of sulfone groups is 1. The van der Waals surface area contributed by atoms with Crippen LogP contribution in [0.5, 0.6) is 0 Å². The zero-order chi connectivity index (χ0) is 17.2. The van der Waals surface area contributed by atoms with Gasteiger partial charge in [0.1, 0.15) is 5.01 Å². The summed E-state index contributed by atoms with van der Waals surface area (Å²) in [6.45, 7) is 0. The summed E-state index contributed by atoms with van der Waals surface area (Å²) in [5.74, 6) is -0.460. The topological polar surface area (TPSA) is 76.1 Å². The summed E-state index contributed by atoms with van der Waals surface area (Å²) >= 11 is 1.53. The molecule has 0 saturated carbocycles. The number of benzene rings is 2. The fourth-order valence-corrected chi connectivity index (χ4v) is 3.77. The molecule has 3 rings (SSSR count). The van der Waals surface area contributed by atoms with E-state index in [0.29, 0.717) is 5.69 Å². The highest BCUT2D eigenvalue weighted by Crippen LogP contribution is 2.24. The van der Waals surface area contributed by atoms with Crippen LogP contribution in [0.1, 0.15) is 10.4 Å². The molecule has 1 amide bonds. The van der Waals surface area contributed by atoms with Crippen LogP contribution in [0, 0.1) is 0 Å². The lowest BCUT2D eigenvalue weighted by Crippen LogP contribution is -2.15. The first-order valence-electron chi connectivity index (χ1n) is 7.05. The smallest absolute Gasteiger partial charge is 0.256 e. The third kappa shape index (κ3) is 3.52. The molecule has 3 aromatic rings. The number of nitrogens with one attached hydrogen (secondary N) is 1. The number of aromatic nitrogens is 1. The number of hydrogen-bond donors (Lipinski definition) is 1. The summed E-state index contributed by atoms with van der Waals surface area (Å²) in [5, 5.41) is 5.52. The van der Waals surface area contributed by atoms with Crippen molar-refractivity contribution in [1.82, 2.24) is 4.98 Å². The fraction of sp³-hybridized carbons (Fsp3) is 0.0588. The molecule has 7 heteroatoms. The Hall–Kier alpha value is -2.51. The standard InChI is InChI=1S/C17H14N2O3S2/c1-24(21,22)15-5-3-2-4-14(15)16(20)19-13-8-6-12(7-9-13)17-18-10-11-23-17/h2-11H,1H3,(H,19,20). The van der Waals surface area contributed by atoms with E-state index < -0.39 is 15.7 Å². The van der Waals surface area contributed by atoms with Crippen LogP contribution in [-0.4, -0.2) is 25.6 Å². The van der Waals surface area contributed by atoms with Crippen LogP contribution in [0.4, 0.5) is 5.69 Å². The molecule has 122 valence electrons. The molecule has 1 aromatic heterocycles. The largest absolute Gasteiger partial charge is 0.322 e. The van der Waals surface area contributed by atoms with E-state index in [4.69, 9.17) is 0 Å². The van der Waals surface area contributed by atoms with E-state index in [-0.39, 0.29) is 10.5 Å². The summed E-state index contributed by atoms with van der Waals surface area (Å²) in [5.41, 5.74) is 1.67. The van der Waals surface area contributed by atoms with Crippen molar-refractivity contribution in [3.8, 4) is 10.6 Å². The quantitative estimate of drug-likeness (QED) is 0.775. The van der Waals surface area contributed by atoms with Crippen LogP contribution in [-0.2, 0) is 9.84 Å². The summed E-state index contributed by atoms with van der Waals surface area (Å²) in [4.78, 5) is 16.7. The lowest BCUT2D eigenvalue weighted by atomic mass is 10.2. The highest BCUT2D eigenvalue weighted by Gasteiger charge is 2.18. The predicted molar refractivity (Wildman–Crippen MR) is 95.1 cm³/mol. The van der Waals surface area contributed by atoms with Gasteiger partial charge in [-0.05, 0) is 36.4 Å². The molecule has 0 spiro atoms. The average Bonchev–Trinajstić information content (AvgIpc) is 3.09. The predicted octanol–water partition coefficient (Wildman–Crippen LogP) is 3.47.